The van der Waals surface area contributed by atoms with Crippen LogP contribution in [-0.4, -0.2) is 31.7 Å². The van der Waals surface area contributed by atoms with Gasteiger partial charge in [-0.05, 0) is 18.2 Å². The number of hydrogen-bond acceptors (Lipinski definition) is 6. The summed E-state index contributed by atoms with van der Waals surface area (Å²) in [5, 5.41) is 13.5. The fourth-order valence-corrected chi connectivity index (χ4v) is 1.93. The summed E-state index contributed by atoms with van der Waals surface area (Å²) in [6, 6.07) is 10.8. The molecule has 0 unspecified atom stereocenters. The lowest BCUT2D eigenvalue weighted by Crippen LogP contribution is -2.20. The van der Waals surface area contributed by atoms with Gasteiger partial charge in [-0.15, -0.1) is 0 Å². The number of rotatable bonds is 7. The molecule has 0 aliphatic heterocycles. The summed E-state index contributed by atoms with van der Waals surface area (Å²) in [6.45, 7) is -0.325. The average Bonchev–Trinajstić information content (AvgIpc) is 2.59. The molecule has 0 atom stereocenters. The molecular weight excluding hydrogens is 316 g/mol. The SMILES string of the molecule is COc1cccc(NC(=O)COc2cc([N+](=O)[O-])ccc2OC)c1. The molecule has 8 heteroatoms. The number of nitro benzene ring substituents is 1. The summed E-state index contributed by atoms with van der Waals surface area (Å²) in [5.74, 6) is 0.605. The van der Waals surface area contributed by atoms with Gasteiger partial charge in [0.15, 0.2) is 18.1 Å². The lowest BCUT2D eigenvalue weighted by atomic mass is 10.3. The van der Waals surface area contributed by atoms with Crippen LogP contribution in [0.15, 0.2) is 42.5 Å². The van der Waals surface area contributed by atoms with Crippen molar-refractivity contribution in [1.82, 2.24) is 0 Å². The molecule has 0 bridgehead atoms. The van der Waals surface area contributed by atoms with Crippen LogP contribution in [0.25, 0.3) is 0 Å². The third-order valence-electron chi connectivity index (χ3n) is 3.07. The Labute approximate surface area is 138 Å². The van der Waals surface area contributed by atoms with Gasteiger partial charge in [-0.25, -0.2) is 0 Å². The third-order valence-corrected chi connectivity index (χ3v) is 3.07. The Bertz CT molecular complexity index is 747. The molecule has 0 spiro atoms. The van der Waals surface area contributed by atoms with Gasteiger partial charge in [-0.1, -0.05) is 6.07 Å². The Morgan fingerprint density at radius 1 is 1.12 bits per heavy atom. The number of nitro groups is 1. The lowest BCUT2D eigenvalue weighted by molar-refractivity contribution is -0.385. The molecule has 0 aliphatic rings. The maximum Gasteiger partial charge on any atom is 0.273 e. The van der Waals surface area contributed by atoms with E-state index in [0.717, 1.165) is 0 Å². The van der Waals surface area contributed by atoms with E-state index in [9.17, 15) is 14.9 Å². The molecular formula is C16H16N2O6. The van der Waals surface area contributed by atoms with Gasteiger partial charge in [0.25, 0.3) is 11.6 Å². The highest BCUT2D eigenvalue weighted by Gasteiger charge is 2.14. The standard InChI is InChI=1S/C16H16N2O6/c1-22-13-5-3-4-11(8-13)17-16(19)10-24-15-9-12(18(20)21)6-7-14(15)23-2/h3-9H,10H2,1-2H3,(H,17,19). The molecule has 2 rings (SSSR count). The van der Waals surface area contributed by atoms with Crippen LogP contribution >= 0.6 is 0 Å². The second-order valence-electron chi connectivity index (χ2n) is 4.66. The highest BCUT2D eigenvalue weighted by molar-refractivity contribution is 5.92. The monoisotopic (exact) mass is 332 g/mol. The fourth-order valence-electron chi connectivity index (χ4n) is 1.93. The van der Waals surface area contributed by atoms with Crippen LogP contribution in [0.3, 0.4) is 0 Å². The van der Waals surface area contributed by atoms with E-state index in [2.05, 4.69) is 5.32 Å². The highest BCUT2D eigenvalue weighted by atomic mass is 16.6. The number of benzene rings is 2. The minimum Gasteiger partial charge on any atom is -0.497 e. The van der Waals surface area contributed by atoms with Crippen molar-refractivity contribution >= 4 is 17.3 Å². The molecule has 24 heavy (non-hydrogen) atoms. The Morgan fingerprint density at radius 3 is 2.58 bits per heavy atom. The van der Waals surface area contributed by atoms with Gasteiger partial charge in [0.1, 0.15) is 5.75 Å². The van der Waals surface area contributed by atoms with Crippen molar-refractivity contribution in [1.29, 1.82) is 0 Å². The van der Waals surface area contributed by atoms with Crippen LogP contribution in [0.1, 0.15) is 0 Å². The summed E-state index contributed by atoms with van der Waals surface area (Å²) < 4.78 is 15.5. The Balaban J connectivity index is 2.02. The molecule has 0 saturated carbocycles. The van der Waals surface area contributed by atoms with E-state index in [1.54, 1.807) is 24.3 Å². The number of amides is 1. The minimum atomic E-state index is -0.553. The van der Waals surface area contributed by atoms with Gasteiger partial charge in [0.2, 0.25) is 0 Å². The second-order valence-corrected chi connectivity index (χ2v) is 4.66. The summed E-state index contributed by atoms with van der Waals surface area (Å²) >= 11 is 0. The number of nitrogens with one attached hydrogen (secondary N) is 1. The fraction of sp³-hybridized carbons (Fsp3) is 0.188. The highest BCUT2D eigenvalue weighted by Crippen LogP contribution is 2.31. The Hall–Kier alpha value is -3.29. The van der Waals surface area contributed by atoms with Crippen LogP contribution < -0.4 is 19.5 Å². The molecule has 0 radical (unpaired) electrons. The molecule has 0 aliphatic carbocycles. The molecule has 0 fully saturated rings. The third kappa shape index (κ3) is 4.35. The zero-order chi connectivity index (χ0) is 17.5. The molecule has 8 nitrogen and oxygen atoms in total. The number of methoxy groups -OCH3 is 2. The normalized spacial score (nSPS) is 9.92. The van der Waals surface area contributed by atoms with Gasteiger partial charge in [-0.3, -0.25) is 14.9 Å². The van der Waals surface area contributed by atoms with Crippen molar-refractivity contribution in [2.75, 3.05) is 26.1 Å². The maximum absolute atomic E-state index is 12.0. The molecule has 0 aromatic heterocycles. The summed E-state index contributed by atoms with van der Waals surface area (Å²) in [5.41, 5.74) is 0.396. The van der Waals surface area contributed by atoms with Crippen LogP contribution in [-0.2, 0) is 4.79 Å². The van der Waals surface area contributed by atoms with Crippen LogP contribution in [0.5, 0.6) is 17.2 Å². The van der Waals surface area contributed by atoms with Crippen LogP contribution in [0.4, 0.5) is 11.4 Å². The molecule has 126 valence electrons. The zero-order valence-corrected chi connectivity index (χ0v) is 13.1. The molecule has 1 amide bonds. The minimum absolute atomic E-state index is 0.118. The molecule has 2 aromatic carbocycles. The van der Waals surface area contributed by atoms with E-state index in [4.69, 9.17) is 14.2 Å². The smallest absolute Gasteiger partial charge is 0.273 e. The Kier molecular flexibility index (Phi) is 5.56. The van der Waals surface area contributed by atoms with E-state index in [1.165, 1.54) is 32.4 Å². The van der Waals surface area contributed by atoms with Gasteiger partial charge in [0.05, 0.1) is 25.2 Å². The van der Waals surface area contributed by atoms with Crippen molar-refractivity contribution in [3.05, 3.63) is 52.6 Å². The van der Waals surface area contributed by atoms with E-state index < -0.39 is 10.8 Å². The van der Waals surface area contributed by atoms with E-state index in [0.29, 0.717) is 17.2 Å². The zero-order valence-electron chi connectivity index (χ0n) is 13.1. The van der Waals surface area contributed by atoms with Gasteiger partial charge in [0, 0.05) is 17.8 Å². The Morgan fingerprint density at radius 2 is 1.92 bits per heavy atom. The maximum atomic E-state index is 12.0. The van der Waals surface area contributed by atoms with Crippen molar-refractivity contribution < 1.29 is 23.9 Å². The van der Waals surface area contributed by atoms with Crippen molar-refractivity contribution in [2.45, 2.75) is 0 Å². The van der Waals surface area contributed by atoms with Gasteiger partial charge in [-0.2, -0.15) is 0 Å². The van der Waals surface area contributed by atoms with E-state index in [-0.39, 0.29) is 18.0 Å². The average molecular weight is 332 g/mol. The molecule has 2 aromatic rings. The summed E-state index contributed by atoms with van der Waals surface area (Å²) in [4.78, 5) is 22.2. The first-order valence-electron chi connectivity index (χ1n) is 6.92. The summed E-state index contributed by atoms with van der Waals surface area (Å²) in [7, 11) is 2.93. The van der Waals surface area contributed by atoms with Gasteiger partial charge < -0.3 is 19.5 Å². The number of ether oxygens (including phenoxy) is 3. The molecule has 0 saturated heterocycles. The number of hydrogen-bond donors (Lipinski definition) is 1. The van der Waals surface area contributed by atoms with Crippen molar-refractivity contribution in [3.63, 3.8) is 0 Å². The number of nitrogens with zero attached hydrogens (tertiary/aromatic N) is 1. The quantitative estimate of drug-likeness (QED) is 0.618. The largest absolute Gasteiger partial charge is 0.497 e. The number of carbonyl (C=O) groups is 1. The first kappa shape index (κ1) is 17.1. The second kappa shape index (κ2) is 7.82. The summed E-state index contributed by atoms with van der Waals surface area (Å²) in [6.07, 6.45) is 0. The van der Waals surface area contributed by atoms with Crippen LogP contribution in [0, 0.1) is 10.1 Å². The number of non-ortho nitro benzene ring substituents is 1. The predicted octanol–water partition coefficient (Wildman–Crippen LogP) is 2.63. The van der Waals surface area contributed by atoms with Crippen molar-refractivity contribution in [3.8, 4) is 17.2 Å². The first-order valence-corrected chi connectivity index (χ1v) is 6.92. The molecule has 0 heterocycles. The number of carbonyl (C=O) groups excluding carboxylic acids is 1. The van der Waals surface area contributed by atoms with Gasteiger partial charge >= 0.3 is 0 Å². The van der Waals surface area contributed by atoms with E-state index in [1.807, 2.05) is 0 Å². The van der Waals surface area contributed by atoms with Crippen LogP contribution in [0.2, 0.25) is 0 Å². The topological polar surface area (TPSA) is 99.9 Å². The predicted molar refractivity (Wildman–Crippen MR) is 86.8 cm³/mol. The van der Waals surface area contributed by atoms with E-state index >= 15 is 0 Å². The molecule has 1 N–H and O–H groups in total. The first-order chi connectivity index (χ1) is 11.5. The lowest BCUT2D eigenvalue weighted by Gasteiger charge is -2.11. The number of anilines is 1. The van der Waals surface area contributed by atoms with Crippen molar-refractivity contribution in [2.24, 2.45) is 0 Å².